The smallest absolute Gasteiger partial charge is 0.340 e. The number of carbonyl (C=O) groups is 1. The van der Waals surface area contributed by atoms with Crippen LogP contribution in [0.4, 0.5) is 8.78 Å². The number of ether oxygens (including phenoxy) is 1. The zero-order valence-electron chi connectivity index (χ0n) is 7.38. The predicted molar refractivity (Wildman–Crippen MR) is 43.6 cm³/mol. The Balaban J connectivity index is 3.21. The van der Waals surface area contributed by atoms with Crippen molar-refractivity contribution in [1.82, 2.24) is 0 Å². The first-order valence-corrected chi connectivity index (χ1v) is 3.77. The van der Waals surface area contributed by atoms with Gasteiger partial charge in [-0.3, -0.25) is 0 Å². The van der Waals surface area contributed by atoms with Crippen molar-refractivity contribution in [3.8, 4) is 0 Å². The zero-order chi connectivity index (χ0) is 10.7. The molecule has 0 radical (unpaired) electrons. The molecule has 0 aliphatic heterocycles. The number of methoxy groups -OCH3 is 1. The number of esters is 1. The summed E-state index contributed by atoms with van der Waals surface area (Å²) in [7, 11) is 1.07. The molecule has 0 atom stereocenters. The van der Waals surface area contributed by atoms with E-state index in [0.29, 0.717) is 6.07 Å². The van der Waals surface area contributed by atoms with Gasteiger partial charge in [-0.25, -0.2) is 13.6 Å². The maximum Gasteiger partial charge on any atom is 0.340 e. The molecule has 0 bridgehead atoms. The summed E-state index contributed by atoms with van der Waals surface area (Å²) >= 11 is 0. The number of hydrogen-bond donors (Lipinski definition) is 1. The molecule has 1 N–H and O–H groups in total. The quantitative estimate of drug-likeness (QED) is 0.734. The molecule has 0 saturated carbocycles. The molecule has 3 nitrogen and oxygen atoms in total. The van der Waals surface area contributed by atoms with Gasteiger partial charge in [0.1, 0.15) is 11.6 Å². The molecule has 0 amide bonds. The van der Waals surface area contributed by atoms with E-state index in [9.17, 15) is 13.6 Å². The average Bonchev–Trinajstić information content (AvgIpc) is 2.19. The van der Waals surface area contributed by atoms with Gasteiger partial charge in [-0.05, 0) is 12.1 Å². The normalized spacial score (nSPS) is 10.0. The lowest BCUT2D eigenvalue weighted by Gasteiger charge is -2.04. The minimum atomic E-state index is -0.953. The van der Waals surface area contributed by atoms with Gasteiger partial charge in [0.2, 0.25) is 0 Å². The molecule has 14 heavy (non-hydrogen) atoms. The number of aliphatic hydroxyl groups excluding tert-OH is 1. The maximum absolute atomic E-state index is 13.1. The van der Waals surface area contributed by atoms with Gasteiger partial charge in [-0.1, -0.05) is 0 Å². The molecule has 0 unspecified atom stereocenters. The largest absolute Gasteiger partial charge is 0.465 e. The molecular weight excluding hydrogens is 194 g/mol. The Kier molecular flexibility index (Phi) is 3.14. The molecule has 76 valence electrons. The van der Waals surface area contributed by atoms with Crippen molar-refractivity contribution in [1.29, 1.82) is 0 Å². The number of carbonyl (C=O) groups excluding carboxylic acids is 1. The predicted octanol–water partition coefficient (Wildman–Crippen LogP) is 1.24. The standard InChI is InChI=1S/C9H8F2O3/c1-14-9(13)6-3-7(10)5(4-12)2-8(6)11/h2-3,12H,4H2,1H3. The van der Waals surface area contributed by atoms with Gasteiger partial charge in [0, 0.05) is 5.56 Å². The summed E-state index contributed by atoms with van der Waals surface area (Å²) < 4.78 is 30.3. The summed E-state index contributed by atoms with van der Waals surface area (Å²) in [6.07, 6.45) is 0. The second kappa shape index (κ2) is 4.15. The van der Waals surface area contributed by atoms with Crippen molar-refractivity contribution in [2.24, 2.45) is 0 Å². The molecule has 0 fully saturated rings. The Bertz CT molecular complexity index is 363. The topological polar surface area (TPSA) is 46.5 Å². The second-order valence-corrected chi connectivity index (χ2v) is 2.57. The summed E-state index contributed by atoms with van der Waals surface area (Å²) in [5.74, 6) is -2.71. The van der Waals surface area contributed by atoms with Crippen LogP contribution in [0.15, 0.2) is 12.1 Å². The highest BCUT2D eigenvalue weighted by molar-refractivity contribution is 5.89. The van der Waals surface area contributed by atoms with E-state index in [0.717, 1.165) is 13.2 Å². The third kappa shape index (κ3) is 1.88. The number of hydrogen-bond acceptors (Lipinski definition) is 3. The van der Waals surface area contributed by atoms with Crippen LogP contribution in [0.1, 0.15) is 15.9 Å². The lowest BCUT2D eigenvalue weighted by atomic mass is 10.1. The molecule has 1 rings (SSSR count). The van der Waals surface area contributed by atoms with E-state index in [1.807, 2.05) is 0 Å². The van der Waals surface area contributed by atoms with Gasteiger partial charge >= 0.3 is 5.97 Å². The Morgan fingerprint density at radius 3 is 2.57 bits per heavy atom. The molecule has 1 aromatic rings. The zero-order valence-corrected chi connectivity index (χ0v) is 7.38. The highest BCUT2D eigenvalue weighted by atomic mass is 19.1. The van der Waals surface area contributed by atoms with E-state index in [-0.39, 0.29) is 5.56 Å². The molecule has 0 aromatic heterocycles. The Morgan fingerprint density at radius 2 is 2.07 bits per heavy atom. The number of halogens is 2. The lowest BCUT2D eigenvalue weighted by molar-refractivity contribution is 0.0594. The van der Waals surface area contributed by atoms with Gasteiger partial charge < -0.3 is 9.84 Å². The molecule has 1 aromatic carbocycles. The van der Waals surface area contributed by atoms with Gasteiger partial charge in [0.15, 0.2) is 0 Å². The van der Waals surface area contributed by atoms with Crippen molar-refractivity contribution >= 4 is 5.97 Å². The Hall–Kier alpha value is -1.49. The van der Waals surface area contributed by atoms with Gasteiger partial charge in [0.25, 0.3) is 0 Å². The number of benzene rings is 1. The number of aliphatic hydroxyl groups is 1. The van der Waals surface area contributed by atoms with Crippen molar-refractivity contribution in [2.75, 3.05) is 7.11 Å². The van der Waals surface area contributed by atoms with Crippen LogP contribution in [-0.2, 0) is 11.3 Å². The summed E-state index contributed by atoms with van der Waals surface area (Å²) in [6.45, 7) is -0.621. The molecule has 5 heteroatoms. The van der Waals surface area contributed by atoms with E-state index in [4.69, 9.17) is 5.11 Å². The minimum absolute atomic E-state index is 0.199. The van der Waals surface area contributed by atoms with E-state index < -0.39 is 29.8 Å². The molecule has 0 heterocycles. The van der Waals surface area contributed by atoms with Crippen molar-refractivity contribution < 1.29 is 23.4 Å². The highest BCUT2D eigenvalue weighted by Gasteiger charge is 2.15. The van der Waals surface area contributed by atoms with Crippen LogP contribution in [-0.4, -0.2) is 18.2 Å². The third-order valence-electron chi connectivity index (χ3n) is 1.71. The maximum atomic E-state index is 13.1. The SMILES string of the molecule is COC(=O)c1cc(F)c(CO)cc1F. The van der Waals surface area contributed by atoms with Crippen LogP contribution in [0.25, 0.3) is 0 Å². The first-order chi connectivity index (χ1) is 6.60. The Labute approximate surface area is 78.9 Å². The van der Waals surface area contributed by atoms with Crippen LogP contribution in [0.2, 0.25) is 0 Å². The van der Waals surface area contributed by atoms with E-state index >= 15 is 0 Å². The molecular formula is C9H8F2O3. The van der Waals surface area contributed by atoms with E-state index in [1.54, 1.807) is 0 Å². The first-order valence-electron chi connectivity index (χ1n) is 3.77. The lowest BCUT2D eigenvalue weighted by Crippen LogP contribution is -2.06. The summed E-state index contributed by atoms with van der Waals surface area (Å²) in [5.41, 5.74) is -0.683. The number of rotatable bonds is 2. The molecule has 0 spiro atoms. The van der Waals surface area contributed by atoms with Gasteiger partial charge in [0.05, 0.1) is 19.3 Å². The summed E-state index contributed by atoms with van der Waals surface area (Å²) in [5, 5.41) is 8.61. The summed E-state index contributed by atoms with van der Waals surface area (Å²) in [4.78, 5) is 10.9. The van der Waals surface area contributed by atoms with Gasteiger partial charge in [-0.2, -0.15) is 0 Å². The second-order valence-electron chi connectivity index (χ2n) is 2.57. The highest BCUT2D eigenvalue weighted by Crippen LogP contribution is 2.15. The fourth-order valence-corrected chi connectivity index (χ4v) is 0.976. The van der Waals surface area contributed by atoms with Crippen LogP contribution in [0.3, 0.4) is 0 Å². The van der Waals surface area contributed by atoms with Crippen LogP contribution in [0, 0.1) is 11.6 Å². The minimum Gasteiger partial charge on any atom is -0.465 e. The third-order valence-corrected chi connectivity index (χ3v) is 1.71. The van der Waals surface area contributed by atoms with Crippen LogP contribution < -0.4 is 0 Å². The van der Waals surface area contributed by atoms with Crippen LogP contribution in [0.5, 0.6) is 0 Å². The van der Waals surface area contributed by atoms with Crippen molar-refractivity contribution in [3.63, 3.8) is 0 Å². The summed E-state index contributed by atoms with van der Waals surface area (Å²) in [6, 6.07) is 1.47. The molecule has 0 saturated heterocycles. The first kappa shape index (κ1) is 10.6. The fraction of sp³-hybridized carbons (Fsp3) is 0.222. The van der Waals surface area contributed by atoms with Crippen LogP contribution >= 0.6 is 0 Å². The van der Waals surface area contributed by atoms with Gasteiger partial charge in [-0.15, -0.1) is 0 Å². The van der Waals surface area contributed by atoms with Crippen molar-refractivity contribution in [2.45, 2.75) is 6.61 Å². The molecule has 0 aliphatic rings. The molecule has 0 aliphatic carbocycles. The monoisotopic (exact) mass is 202 g/mol. The average molecular weight is 202 g/mol. The fourth-order valence-electron chi connectivity index (χ4n) is 0.976. The van der Waals surface area contributed by atoms with E-state index in [2.05, 4.69) is 4.74 Å². The van der Waals surface area contributed by atoms with Crippen molar-refractivity contribution in [3.05, 3.63) is 34.9 Å². The van der Waals surface area contributed by atoms with E-state index in [1.165, 1.54) is 0 Å². The Morgan fingerprint density at radius 1 is 1.43 bits per heavy atom.